The highest BCUT2D eigenvalue weighted by Crippen LogP contribution is 2.34. The maximum atomic E-state index is 12.7. The number of nitrogens with two attached hydrogens (primary N) is 1. The molecule has 0 heterocycles. The van der Waals surface area contributed by atoms with E-state index in [0.29, 0.717) is 0 Å². The van der Waals surface area contributed by atoms with Gasteiger partial charge in [0.25, 0.3) is 0 Å². The molecule has 0 radical (unpaired) electrons. The highest BCUT2D eigenvalue weighted by molar-refractivity contribution is 5.89. The van der Waals surface area contributed by atoms with E-state index in [1.165, 1.54) is 6.92 Å². The zero-order chi connectivity index (χ0) is 15.5. The zero-order valence-corrected chi connectivity index (χ0v) is 11.2. The van der Waals surface area contributed by atoms with E-state index in [0.717, 1.165) is 18.2 Å². The number of amides is 1. The largest absolute Gasteiger partial charge is 0.416 e. The number of benzene rings is 1. The topological polar surface area (TPSA) is 75.3 Å². The second kappa shape index (κ2) is 6.23. The molecule has 1 rings (SSSR count). The first-order valence-electron chi connectivity index (χ1n) is 6.03. The number of aliphatic hydroxyl groups is 1. The molecule has 1 aromatic rings. The number of rotatable bonds is 4. The van der Waals surface area contributed by atoms with Gasteiger partial charge in [0, 0.05) is 24.2 Å². The maximum Gasteiger partial charge on any atom is 0.416 e. The Labute approximate surface area is 114 Å². The smallest absolute Gasteiger partial charge is 0.388 e. The number of aliphatic hydroxyl groups excluding tert-OH is 1. The fourth-order valence-electron chi connectivity index (χ4n) is 1.80. The van der Waals surface area contributed by atoms with Crippen LogP contribution in [0.2, 0.25) is 0 Å². The van der Waals surface area contributed by atoms with Crippen LogP contribution >= 0.6 is 0 Å². The van der Waals surface area contributed by atoms with E-state index in [-0.39, 0.29) is 23.7 Å². The summed E-state index contributed by atoms with van der Waals surface area (Å²) in [5, 5.41) is 12.3. The van der Waals surface area contributed by atoms with Crippen LogP contribution < -0.4 is 11.1 Å². The minimum absolute atomic E-state index is 0.0551. The Morgan fingerprint density at radius 1 is 1.45 bits per heavy atom. The number of alkyl halides is 3. The van der Waals surface area contributed by atoms with E-state index >= 15 is 0 Å². The molecule has 0 saturated carbocycles. The Kier molecular flexibility index (Phi) is 5.13. The van der Waals surface area contributed by atoms with Gasteiger partial charge in [0.05, 0.1) is 11.7 Å². The molecule has 2 atom stereocenters. The molecule has 4 nitrogen and oxygen atoms in total. The van der Waals surface area contributed by atoms with Crippen molar-refractivity contribution in [2.24, 2.45) is 5.73 Å². The lowest BCUT2D eigenvalue weighted by Crippen LogP contribution is -2.20. The quantitative estimate of drug-likeness (QED) is 0.797. The van der Waals surface area contributed by atoms with Crippen LogP contribution in [0.25, 0.3) is 0 Å². The van der Waals surface area contributed by atoms with Crippen molar-refractivity contribution in [1.82, 2.24) is 0 Å². The predicted molar refractivity (Wildman–Crippen MR) is 69.0 cm³/mol. The van der Waals surface area contributed by atoms with Crippen LogP contribution in [0.5, 0.6) is 0 Å². The Bertz CT molecular complexity index is 487. The molecule has 0 aliphatic heterocycles. The standard InChI is InChI=1S/C13H17F3N2O2/c1-7(17)5-12(20)10-4-3-9(13(14,15)16)6-11(10)18-8(2)19/h3-4,6-7,12,20H,5,17H2,1-2H3,(H,18,19). The van der Waals surface area contributed by atoms with Crippen molar-refractivity contribution in [1.29, 1.82) is 0 Å². The molecule has 0 aliphatic rings. The van der Waals surface area contributed by atoms with Gasteiger partial charge in [0.15, 0.2) is 0 Å². The molecule has 1 aromatic carbocycles. The maximum absolute atomic E-state index is 12.7. The molecule has 0 saturated heterocycles. The van der Waals surface area contributed by atoms with Crippen molar-refractivity contribution >= 4 is 11.6 Å². The van der Waals surface area contributed by atoms with Crippen molar-refractivity contribution in [2.75, 3.05) is 5.32 Å². The van der Waals surface area contributed by atoms with Gasteiger partial charge in [-0.05, 0) is 25.5 Å². The first-order valence-corrected chi connectivity index (χ1v) is 6.03. The summed E-state index contributed by atoms with van der Waals surface area (Å²) < 4.78 is 38.0. The van der Waals surface area contributed by atoms with Crippen LogP contribution in [0.15, 0.2) is 18.2 Å². The van der Waals surface area contributed by atoms with Gasteiger partial charge in [0.1, 0.15) is 0 Å². The Morgan fingerprint density at radius 2 is 2.05 bits per heavy atom. The normalized spacial score (nSPS) is 14.8. The lowest BCUT2D eigenvalue weighted by molar-refractivity contribution is -0.137. The molecular formula is C13H17F3N2O2. The molecule has 1 amide bonds. The van der Waals surface area contributed by atoms with Gasteiger partial charge in [-0.25, -0.2) is 0 Å². The first kappa shape index (κ1) is 16.5. The molecule has 0 fully saturated rings. The molecule has 7 heteroatoms. The lowest BCUT2D eigenvalue weighted by atomic mass is 9.99. The van der Waals surface area contributed by atoms with E-state index < -0.39 is 23.8 Å². The van der Waals surface area contributed by atoms with Crippen LogP contribution in [0.4, 0.5) is 18.9 Å². The van der Waals surface area contributed by atoms with Gasteiger partial charge in [-0.15, -0.1) is 0 Å². The number of carbonyl (C=O) groups is 1. The third kappa shape index (κ3) is 4.50. The van der Waals surface area contributed by atoms with Gasteiger partial charge >= 0.3 is 6.18 Å². The van der Waals surface area contributed by atoms with Crippen molar-refractivity contribution in [3.63, 3.8) is 0 Å². The third-order valence-corrected chi connectivity index (χ3v) is 2.65. The minimum Gasteiger partial charge on any atom is -0.388 e. The number of halogens is 3. The fourth-order valence-corrected chi connectivity index (χ4v) is 1.80. The number of carbonyl (C=O) groups excluding carboxylic acids is 1. The summed E-state index contributed by atoms with van der Waals surface area (Å²) in [6.45, 7) is 2.85. The lowest BCUT2D eigenvalue weighted by Gasteiger charge is -2.19. The van der Waals surface area contributed by atoms with Crippen LogP contribution in [0, 0.1) is 0 Å². The summed E-state index contributed by atoms with van der Waals surface area (Å²) >= 11 is 0. The summed E-state index contributed by atoms with van der Waals surface area (Å²) in [7, 11) is 0. The summed E-state index contributed by atoms with van der Waals surface area (Å²) in [6, 6.07) is 2.50. The molecule has 4 N–H and O–H groups in total. The van der Waals surface area contributed by atoms with Crippen LogP contribution in [-0.4, -0.2) is 17.1 Å². The molecule has 0 aliphatic carbocycles. The SMILES string of the molecule is CC(=O)Nc1cc(C(F)(F)F)ccc1C(O)CC(C)N. The molecule has 20 heavy (non-hydrogen) atoms. The summed E-state index contributed by atoms with van der Waals surface area (Å²) in [5.41, 5.74) is 4.82. The van der Waals surface area contributed by atoms with Crippen molar-refractivity contribution in [3.8, 4) is 0 Å². The van der Waals surface area contributed by atoms with Gasteiger partial charge in [-0.1, -0.05) is 6.07 Å². The molecule has 0 bridgehead atoms. The summed E-state index contributed by atoms with van der Waals surface area (Å²) in [4.78, 5) is 11.1. The predicted octanol–water partition coefficient (Wildman–Crippen LogP) is 2.43. The van der Waals surface area contributed by atoms with Crippen molar-refractivity contribution in [2.45, 2.75) is 38.6 Å². The van der Waals surface area contributed by atoms with E-state index in [2.05, 4.69) is 5.32 Å². The molecule has 0 aromatic heterocycles. The highest BCUT2D eigenvalue weighted by Gasteiger charge is 2.31. The van der Waals surface area contributed by atoms with Crippen LogP contribution in [0.1, 0.15) is 37.5 Å². The molecular weight excluding hydrogens is 273 g/mol. The van der Waals surface area contributed by atoms with E-state index in [4.69, 9.17) is 5.73 Å². The fraction of sp³-hybridized carbons (Fsp3) is 0.462. The monoisotopic (exact) mass is 290 g/mol. The Balaban J connectivity index is 3.19. The van der Waals surface area contributed by atoms with Gasteiger partial charge in [-0.3, -0.25) is 4.79 Å². The number of nitrogens with one attached hydrogen (secondary N) is 1. The van der Waals surface area contributed by atoms with E-state index in [1.807, 2.05) is 0 Å². The first-order chi connectivity index (χ1) is 9.11. The summed E-state index contributed by atoms with van der Waals surface area (Å²) in [6.07, 6.45) is -5.38. The van der Waals surface area contributed by atoms with Crippen LogP contribution in [0.3, 0.4) is 0 Å². The summed E-state index contributed by atoms with van der Waals surface area (Å²) in [5.74, 6) is -0.515. The van der Waals surface area contributed by atoms with Gasteiger partial charge in [-0.2, -0.15) is 13.2 Å². The van der Waals surface area contributed by atoms with Crippen molar-refractivity contribution in [3.05, 3.63) is 29.3 Å². The van der Waals surface area contributed by atoms with E-state index in [1.54, 1.807) is 6.92 Å². The van der Waals surface area contributed by atoms with Gasteiger partial charge < -0.3 is 16.2 Å². The highest BCUT2D eigenvalue weighted by atomic mass is 19.4. The Hall–Kier alpha value is -1.60. The number of hydrogen-bond donors (Lipinski definition) is 3. The average Bonchev–Trinajstić information content (AvgIpc) is 2.25. The van der Waals surface area contributed by atoms with Gasteiger partial charge in [0.2, 0.25) is 5.91 Å². The van der Waals surface area contributed by atoms with Crippen molar-refractivity contribution < 1.29 is 23.1 Å². The molecule has 0 spiro atoms. The average molecular weight is 290 g/mol. The minimum atomic E-state index is -4.52. The second-order valence-electron chi connectivity index (χ2n) is 4.71. The van der Waals surface area contributed by atoms with E-state index in [9.17, 15) is 23.1 Å². The third-order valence-electron chi connectivity index (χ3n) is 2.65. The number of hydrogen-bond acceptors (Lipinski definition) is 3. The second-order valence-corrected chi connectivity index (χ2v) is 4.71. The number of anilines is 1. The molecule has 112 valence electrons. The van der Waals surface area contributed by atoms with Crippen LogP contribution in [-0.2, 0) is 11.0 Å². The molecule has 2 unspecified atom stereocenters. The zero-order valence-electron chi connectivity index (χ0n) is 11.2. The Morgan fingerprint density at radius 3 is 2.50 bits per heavy atom.